The van der Waals surface area contributed by atoms with E-state index in [0.717, 1.165) is 10.3 Å². The lowest BCUT2D eigenvalue weighted by Crippen LogP contribution is -2.51. The van der Waals surface area contributed by atoms with Crippen molar-refractivity contribution < 1.29 is 32.3 Å². The molecule has 11 heteroatoms. The Morgan fingerprint density at radius 3 is 2.21 bits per heavy atom. The summed E-state index contributed by atoms with van der Waals surface area (Å²) in [6.45, 7) is 4.44. The van der Waals surface area contributed by atoms with Gasteiger partial charge in [-0.3, -0.25) is 14.4 Å². The van der Waals surface area contributed by atoms with Gasteiger partial charge in [0, 0.05) is 11.6 Å². The summed E-state index contributed by atoms with van der Waals surface area (Å²) in [5.74, 6) is -2.30. The summed E-state index contributed by atoms with van der Waals surface area (Å²) >= 11 is 5.96. The van der Waals surface area contributed by atoms with Gasteiger partial charge in [-0.05, 0) is 61.4 Å². The third-order valence-corrected chi connectivity index (χ3v) is 7.28. The summed E-state index contributed by atoms with van der Waals surface area (Å²) in [6, 6.07) is 16.8. The number of fused-ring (bicyclic) bond motifs is 1. The number of methoxy groups -OCH3 is 1. The average Bonchev–Trinajstić information content (AvgIpc) is 2.87. The number of rotatable bonds is 10. The standard InChI is InChI=1S/C28H31ClN2O7S/c1-28(2,3)38-25(32)16-24(30-39(35,36)23-14-11-20-7-5-6-8-21(20)15-23)27(34)31(18-26(33)37-4)17-19-9-12-22(29)13-10-19/h5-15,24,30H,16-18H2,1-4H3/t24-/m0/s1. The van der Waals surface area contributed by atoms with Gasteiger partial charge in [-0.25, -0.2) is 8.42 Å². The van der Waals surface area contributed by atoms with Gasteiger partial charge in [0.05, 0.1) is 18.4 Å². The smallest absolute Gasteiger partial charge is 0.325 e. The molecule has 208 valence electrons. The maximum Gasteiger partial charge on any atom is 0.325 e. The fraction of sp³-hybridized carbons (Fsp3) is 0.321. The number of hydrogen-bond donors (Lipinski definition) is 1. The molecule has 1 amide bonds. The van der Waals surface area contributed by atoms with Gasteiger partial charge in [-0.15, -0.1) is 0 Å². The molecule has 3 aromatic carbocycles. The van der Waals surface area contributed by atoms with Gasteiger partial charge in [0.1, 0.15) is 18.2 Å². The van der Waals surface area contributed by atoms with Crippen LogP contribution >= 0.6 is 11.6 Å². The summed E-state index contributed by atoms with van der Waals surface area (Å²) in [6.07, 6.45) is -0.596. The molecule has 0 heterocycles. The molecule has 0 fully saturated rings. The van der Waals surface area contributed by atoms with E-state index in [9.17, 15) is 22.8 Å². The molecular weight excluding hydrogens is 544 g/mol. The Morgan fingerprint density at radius 1 is 0.949 bits per heavy atom. The van der Waals surface area contributed by atoms with Gasteiger partial charge in [-0.1, -0.05) is 54.1 Å². The van der Waals surface area contributed by atoms with Crippen LogP contribution in [0.25, 0.3) is 10.8 Å². The van der Waals surface area contributed by atoms with Crippen molar-refractivity contribution in [1.82, 2.24) is 9.62 Å². The van der Waals surface area contributed by atoms with E-state index >= 15 is 0 Å². The van der Waals surface area contributed by atoms with Crippen molar-refractivity contribution in [2.75, 3.05) is 13.7 Å². The predicted octanol–water partition coefficient (Wildman–Crippen LogP) is 4.07. The van der Waals surface area contributed by atoms with Crippen LogP contribution in [0.3, 0.4) is 0 Å². The van der Waals surface area contributed by atoms with Gasteiger partial charge < -0.3 is 14.4 Å². The van der Waals surface area contributed by atoms with E-state index in [2.05, 4.69) is 4.72 Å². The third-order valence-electron chi connectivity index (χ3n) is 5.56. The Morgan fingerprint density at radius 2 is 1.59 bits per heavy atom. The minimum atomic E-state index is -4.27. The van der Waals surface area contributed by atoms with E-state index in [1.54, 1.807) is 63.2 Å². The Labute approximate surface area is 233 Å². The molecule has 0 spiro atoms. The van der Waals surface area contributed by atoms with Crippen LogP contribution in [0.4, 0.5) is 0 Å². The highest BCUT2D eigenvalue weighted by Gasteiger charge is 2.34. The van der Waals surface area contributed by atoms with Crippen molar-refractivity contribution >= 4 is 50.2 Å². The number of sulfonamides is 1. The maximum absolute atomic E-state index is 13.7. The normalized spacial score (nSPS) is 12.5. The Bertz CT molecular complexity index is 1450. The summed E-state index contributed by atoms with van der Waals surface area (Å²) in [5, 5.41) is 2.01. The average molecular weight is 575 g/mol. The number of esters is 2. The van der Waals surface area contributed by atoms with E-state index in [0.29, 0.717) is 16.0 Å². The molecule has 0 saturated heterocycles. The predicted molar refractivity (Wildman–Crippen MR) is 147 cm³/mol. The van der Waals surface area contributed by atoms with Crippen LogP contribution in [-0.2, 0) is 40.4 Å². The number of benzene rings is 3. The Hall–Kier alpha value is -3.47. The molecule has 0 radical (unpaired) electrons. The van der Waals surface area contributed by atoms with Crippen LogP contribution in [0.2, 0.25) is 5.02 Å². The first-order chi connectivity index (χ1) is 18.3. The van der Waals surface area contributed by atoms with Gasteiger partial charge in [-0.2, -0.15) is 4.72 Å². The molecule has 0 saturated carbocycles. The number of nitrogens with zero attached hydrogens (tertiary/aromatic N) is 1. The SMILES string of the molecule is COC(=O)CN(Cc1ccc(Cl)cc1)C(=O)[C@H](CC(=O)OC(C)(C)C)NS(=O)(=O)c1ccc2ccccc2c1. The number of ether oxygens (including phenoxy) is 2. The van der Waals surface area contributed by atoms with E-state index < -0.39 is 52.5 Å². The molecule has 0 aliphatic carbocycles. The number of nitrogens with one attached hydrogen (secondary N) is 1. The zero-order valence-corrected chi connectivity index (χ0v) is 23.7. The number of carbonyl (C=O) groups is 3. The van der Waals surface area contributed by atoms with Crippen LogP contribution in [0.5, 0.6) is 0 Å². The molecule has 0 bridgehead atoms. The summed E-state index contributed by atoms with van der Waals surface area (Å²) in [5.41, 5.74) is -0.234. The molecule has 1 atom stereocenters. The number of carbonyl (C=O) groups excluding carboxylic acids is 3. The second-order valence-electron chi connectivity index (χ2n) is 9.87. The van der Waals surface area contributed by atoms with Gasteiger partial charge in [0.15, 0.2) is 0 Å². The Balaban J connectivity index is 1.96. The van der Waals surface area contributed by atoms with E-state index in [1.165, 1.54) is 19.2 Å². The molecule has 1 N–H and O–H groups in total. The van der Waals surface area contributed by atoms with Crippen LogP contribution in [-0.4, -0.2) is 56.5 Å². The van der Waals surface area contributed by atoms with E-state index in [4.69, 9.17) is 21.1 Å². The lowest BCUT2D eigenvalue weighted by Gasteiger charge is -2.28. The first-order valence-electron chi connectivity index (χ1n) is 12.1. The van der Waals surface area contributed by atoms with Crippen LogP contribution in [0, 0.1) is 0 Å². The number of amides is 1. The first-order valence-corrected chi connectivity index (χ1v) is 14.0. The molecule has 0 aromatic heterocycles. The molecule has 3 aromatic rings. The lowest BCUT2D eigenvalue weighted by atomic mass is 10.1. The minimum absolute atomic E-state index is 0.0619. The molecule has 9 nitrogen and oxygen atoms in total. The fourth-order valence-corrected chi connectivity index (χ4v) is 5.13. The second-order valence-corrected chi connectivity index (χ2v) is 12.0. The minimum Gasteiger partial charge on any atom is -0.468 e. The lowest BCUT2D eigenvalue weighted by molar-refractivity contribution is -0.157. The maximum atomic E-state index is 13.7. The van der Waals surface area contributed by atoms with Gasteiger partial charge >= 0.3 is 11.9 Å². The Kier molecular flexibility index (Phi) is 9.71. The first kappa shape index (κ1) is 30.1. The molecule has 0 aliphatic rings. The summed E-state index contributed by atoms with van der Waals surface area (Å²) < 4.78 is 39.3. The van der Waals surface area contributed by atoms with Crippen LogP contribution in [0.15, 0.2) is 71.6 Å². The van der Waals surface area contributed by atoms with Crippen molar-refractivity contribution in [3.63, 3.8) is 0 Å². The summed E-state index contributed by atoms with van der Waals surface area (Å²) in [7, 11) is -3.10. The summed E-state index contributed by atoms with van der Waals surface area (Å²) in [4.78, 5) is 39.7. The highest BCUT2D eigenvalue weighted by molar-refractivity contribution is 7.89. The molecule has 39 heavy (non-hydrogen) atoms. The monoisotopic (exact) mass is 574 g/mol. The van der Waals surface area contributed by atoms with Crippen molar-refractivity contribution in [2.24, 2.45) is 0 Å². The van der Waals surface area contributed by atoms with Crippen LogP contribution < -0.4 is 4.72 Å². The molecular formula is C28H31ClN2O7S. The van der Waals surface area contributed by atoms with Gasteiger partial charge in [0.2, 0.25) is 15.9 Å². The van der Waals surface area contributed by atoms with Gasteiger partial charge in [0.25, 0.3) is 0 Å². The van der Waals surface area contributed by atoms with E-state index in [-0.39, 0.29) is 11.4 Å². The van der Waals surface area contributed by atoms with E-state index in [1.807, 2.05) is 12.1 Å². The number of hydrogen-bond acceptors (Lipinski definition) is 7. The van der Waals surface area contributed by atoms with Crippen molar-refractivity contribution in [3.05, 3.63) is 77.3 Å². The van der Waals surface area contributed by atoms with Crippen molar-refractivity contribution in [2.45, 2.75) is 50.3 Å². The van der Waals surface area contributed by atoms with Crippen molar-refractivity contribution in [3.8, 4) is 0 Å². The second kappa shape index (κ2) is 12.6. The van der Waals surface area contributed by atoms with Crippen LogP contribution in [0.1, 0.15) is 32.8 Å². The third kappa shape index (κ3) is 8.77. The zero-order valence-electron chi connectivity index (χ0n) is 22.1. The van der Waals surface area contributed by atoms with Crippen molar-refractivity contribution in [1.29, 1.82) is 0 Å². The number of halogens is 1. The topological polar surface area (TPSA) is 119 Å². The highest BCUT2D eigenvalue weighted by atomic mass is 35.5. The molecule has 0 aliphatic heterocycles. The largest absolute Gasteiger partial charge is 0.468 e. The zero-order chi connectivity index (χ0) is 28.8. The molecule has 3 rings (SSSR count). The highest BCUT2D eigenvalue weighted by Crippen LogP contribution is 2.21. The quantitative estimate of drug-likeness (QED) is 0.362. The fourth-order valence-electron chi connectivity index (χ4n) is 3.78. The molecule has 0 unspecified atom stereocenters.